The first-order chi connectivity index (χ1) is 21.7. The fraction of sp³-hybridized carbons (Fsp3) is 0. The summed E-state index contributed by atoms with van der Waals surface area (Å²) in [6.07, 6.45) is 3.87. The van der Waals surface area contributed by atoms with Gasteiger partial charge in [0.25, 0.3) is 0 Å². The lowest BCUT2D eigenvalue weighted by atomic mass is 9.92. The fourth-order valence-corrected chi connectivity index (χ4v) is 7.58. The van der Waals surface area contributed by atoms with Crippen molar-refractivity contribution in [3.63, 3.8) is 0 Å². The second-order valence-corrected chi connectivity index (χ2v) is 12.1. The Kier molecular flexibility index (Phi) is 6.36. The van der Waals surface area contributed by atoms with Gasteiger partial charge >= 0.3 is 0 Å². The molecule has 208 valence electrons. The predicted octanol–water partition coefficient (Wildman–Crippen LogP) is 12.8. The highest BCUT2D eigenvalue weighted by Crippen LogP contribution is 2.41. The molecule has 0 bridgehead atoms. The van der Waals surface area contributed by atoms with Gasteiger partial charge in [0.2, 0.25) is 0 Å². The Balaban J connectivity index is 1.25. The van der Waals surface area contributed by atoms with Crippen molar-refractivity contribution in [2.24, 2.45) is 0 Å². The van der Waals surface area contributed by atoms with Gasteiger partial charge in [-0.1, -0.05) is 116 Å². The van der Waals surface area contributed by atoms with Crippen molar-refractivity contribution >= 4 is 83.0 Å². The van der Waals surface area contributed by atoms with Gasteiger partial charge < -0.3 is 4.90 Å². The lowest BCUT2D eigenvalue weighted by Gasteiger charge is -2.26. The first kappa shape index (κ1) is 26.2. The van der Waals surface area contributed by atoms with Gasteiger partial charge in [-0.25, -0.2) is 0 Å². The third kappa shape index (κ3) is 4.23. The largest absolute Gasteiger partial charge is 0.310 e. The summed E-state index contributed by atoms with van der Waals surface area (Å²) in [5, 5.41) is 8.96. The molecule has 2 heteroatoms. The van der Waals surface area contributed by atoms with Gasteiger partial charge in [0.15, 0.2) is 0 Å². The smallest absolute Gasteiger partial charge is 0.0468 e. The molecule has 0 amide bonds. The number of hydrogen-bond donors (Lipinski definition) is 0. The summed E-state index contributed by atoms with van der Waals surface area (Å²) in [6, 6.07) is 50.6. The van der Waals surface area contributed by atoms with Crippen LogP contribution in [0.4, 0.5) is 17.1 Å². The maximum atomic E-state index is 4.09. The van der Waals surface area contributed by atoms with Crippen LogP contribution in [0, 0.1) is 0 Å². The molecule has 0 aliphatic rings. The monoisotopic (exact) mass is 579 g/mol. The lowest BCUT2D eigenvalue weighted by Crippen LogP contribution is -2.09. The minimum Gasteiger partial charge on any atom is -0.310 e. The van der Waals surface area contributed by atoms with Crippen molar-refractivity contribution < 1.29 is 0 Å². The van der Waals surface area contributed by atoms with E-state index in [0.717, 1.165) is 27.5 Å². The molecular formula is C42H29NS. The van der Waals surface area contributed by atoms with Crippen molar-refractivity contribution in [3.8, 4) is 11.1 Å². The molecule has 1 nitrogen and oxygen atoms in total. The minimum atomic E-state index is 1.11. The highest BCUT2D eigenvalue weighted by molar-refractivity contribution is 7.20. The Morgan fingerprint density at radius 2 is 0.977 bits per heavy atom. The fourth-order valence-electron chi connectivity index (χ4n) is 6.54. The standard InChI is InChI=1S/C42H29NS/c1-3-33-40-27-32(23-25-42(40)44-41(33)4-2)43(30-12-6-5-7-13-30)31-21-18-28(19-22-31)29-20-24-38-36-16-9-8-14-34(36)35-15-10-11-17-37(35)39(38)26-29/h3-27H,1-2H2. The second-order valence-electron chi connectivity index (χ2n) is 11.0. The summed E-state index contributed by atoms with van der Waals surface area (Å²) in [5.74, 6) is 0. The van der Waals surface area contributed by atoms with E-state index in [2.05, 4.69) is 158 Å². The van der Waals surface area contributed by atoms with Gasteiger partial charge in [-0.15, -0.1) is 11.3 Å². The van der Waals surface area contributed by atoms with Crippen molar-refractivity contribution in [2.45, 2.75) is 0 Å². The van der Waals surface area contributed by atoms with Crippen molar-refractivity contribution in [1.82, 2.24) is 0 Å². The molecule has 7 aromatic carbocycles. The molecule has 8 rings (SSSR count). The van der Waals surface area contributed by atoms with E-state index in [1.165, 1.54) is 53.5 Å². The molecule has 0 aliphatic heterocycles. The van der Waals surface area contributed by atoms with Crippen LogP contribution in [-0.2, 0) is 0 Å². The van der Waals surface area contributed by atoms with Gasteiger partial charge in [-0.05, 0) is 97.5 Å². The van der Waals surface area contributed by atoms with Crippen molar-refractivity contribution in [1.29, 1.82) is 0 Å². The summed E-state index contributed by atoms with van der Waals surface area (Å²) in [5.41, 5.74) is 6.87. The molecule has 0 saturated heterocycles. The molecule has 0 fully saturated rings. The molecule has 1 aromatic heterocycles. The van der Waals surface area contributed by atoms with Crippen LogP contribution in [0.25, 0.3) is 65.7 Å². The number of benzene rings is 7. The summed E-state index contributed by atoms with van der Waals surface area (Å²) < 4.78 is 1.23. The van der Waals surface area contributed by atoms with E-state index in [1.54, 1.807) is 11.3 Å². The highest BCUT2D eigenvalue weighted by atomic mass is 32.1. The lowest BCUT2D eigenvalue weighted by molar-refractivity contribution is 1.29. The van der Waals surface area contributed by atoms with Gasteiger partial charge in [0.05, 0.1) is 0 Å². The number of para-hydroxylation sites is 1. The first-order valence-corrected chi connectivity index (χ1v) is 15.7. The van der Waals surface area contributed by atoms with E-state index >= 15 is 0 Å². The SMILES string of the molecule is C=Cc1sc2ccc(N(c3ccccc3)c3ccc(-c4ccc5c6ccccc6c6ccccc6c5c4)cc3)cc2c1C=C. The predicted molar refractivity (Wildman–Crippen MR) is 195 cm³/mol. The van der Waals surface area contributed by atoms with Gasteiger partial charge in [-0.2, -0.15) is 0 Å². The molecule has 0 aliphatic carbocycles. The number of rotatable bonds is 6. The van der Waals surface area contributed by atoms with Crippen LogP contribution < -0.4 is 4.90 Å². The zero-order valence-electron chi connectivity index (χ0n) is 24.2. The molecule has 0 saturated carbocycles. The summed E-state index contributed by atoms with van der Waals surface area (Å²) in [4.78, 5) is 3.47. The average molecular weight is 580 g/mol. The normalized spacial score (nSPS) is 11.4. The van der Waals surface area contributed by atoms with Crippen LogP contribution >= 0.6 is 11.3 Å². The van der Waals surface area contributed by atoms with Gasteiger partial charge in [0.1, 0.15) is 0 Å². The zero-order valence-corrected chi connectivity index (χ0v) is 25.0. The van der Waals surface area contributed by atoms with Crippen LogP contribution in [0.2, 0.25) is 0 Å². The van der Waals surface area contributed by atoms with Crippen LogP contribution in [0.1, 0.15) is 10.4 Å². The van der Waals surface area contributed by atoms with Gasteiger partial charge in [-0.3, -0.25) is 0 Å². The van der Waals surface area contributed by atoms with E-state index in [4.69, 9.17) is 0 Å². The first-order valence-electron chi connectivity index (χ1n) is 14.8. The van der Waals surface area contributed by atoms with E-state index in [1.807, 2.05) is 12.2 Å². The van der Waals surface area contributed by atoms with E-state index in [9.17, 15) is 0 Å². The number of fused-ring (bicyclic) bond motifs is 7. The summed E-state index contributed by atoms with van der Waals surface area (Å²) in [6.45, 7) is 8.10. The van der Waals surface area contributed by atoms with E-state index in [-0.39, 0.29) is 0 Å². The number of thiophene rings is 1. The molecule has 0 spiro atoms. The third-order valence-corrected chi connectivity index (χ3v) is 9.79. The molecular weight excluding hydrogens is 551 g/mol. The van der Waals surface area contributed by atoms with E-state index in [0.29, 0.717) is 0 Å². The average Bonchev–Trinajstić information content (AvgIpc) is 3.46. The Morgan fingerprint density at radius 1 is 0.432 bits per heavy atom. The van der Waals surface area contributed by atoms with Crippen LogP contribution in [0.3, 0.4) is 0 Å². The molecule has 1 heterocycles. The molecule has 0 radical (unpaired) electrons. The quantitative estimate of drug-likeness (QED) is 0.177. The van der Waals surface area contributed by atoms with Crippen LogP contribution in [0.15, 0.2) is 153 Å². The maximum Gasteiger partial charge on any atom is 0.0468 e. The van der Waals surface area contributed by atoms with Gasteiger partial charge in [0, 0.05) is 32.0 Å². The molecule has 0 N–H and O–H groups in total. The summed E-state index contributed by atoms with van der Waals surface area (Å²) in [7, 11) is 0. The van der Waals surface area contributed by atoms with E-state index < -0.39 is 0 Å². The number of nitrogens with zero attached hydrogens (tertiary/aromatic N) is 1. The number of hydrogen-bond acceptors (Lipinski definition) is 2. The summed E-state index contributed by atoms with van der Waals surface area (Å²) >= 11 is 1.75. The molecule has 0 atom stereocenters. The Hall–Kier alpha value is -5.44. The highest BCUT2D eigenvalue weighted by Gasteiger charge is 2.16. The second kappa shape index (κ2) is 10.7. The molecule has 44 heavy (non-hydrogen) atoms. The zero-order chi connectivity index (χ0) is 29.6. The maximum absolute atomic E-state index is 4.09. The Labute approximate surface area is 261 Å². The van der Waals surface area contributed by atoms with Crippen LogP contribution in [-0.4, -0.2) is 0 Å². The minimum absolute atomic E-state index is 1.11. The Bertz CT molecular complexity index is 2330. The van der Waals surface area contributed by atoms with Crippen LogP contribution in [0.5, 0.6) is 0 Å². The Morgan fingerprint density at radius 3 is 1.61 bits per heavy atom. The topological polar surface area (TPSA) is 3.24 Å². The number of anilines is 3. The van der Waals surface area contributed by atoms with Crippen molar-refractivity contribution in [3.05, 3.63) is 163 Å². The molecule has 0 unspecified atom stereocenters. The molecule has 8 aromatic rings. The van der Waals surface area contributed by atoms with Crippen molar-refractivity contribution in [2.75, 3.05) is 4.90 Å². The third-order valence-electron chi connectivity index (χ3n) is 8.60.